The Morgan fingerprint density at radius 3 is 1.73 bits per heavy atom. The van der Waals surface area contributed by atoms with E-state index in [-0.39, 0.29) is 68.1 Å². The summed E-state index contributed by atoms with van der Waals surface area (Å²) in [5.41, 5.74) is 9.98. The van der Waals surface area contributed by atoms with Crippen molar-refractivity contribution in [2.75, 3.05) is 50.0 Å². The standard InChI is InChI=1S/C45H53F2N13O6/c1-5-59-33(21-27(3)54-59)41(63)52-43-50-31-23-29(39(48)61)25-35-37(31)57(43)15-7-8-16-58-38-32(51-44(58)53-42(64)34-22-28(4)55-60(34)6-2)24-30(26-36(38)66-20-10-19-65-35)40(62)49-13-9-14-56-17-11-45(46,47)12-18-56/h7-8,21-26H,5-6,9-20H2,1-4H3,(H2,48,61)(H,49,62)(H,50,52,63)(H,51,53,64)/b8-7+. The molecule has 6 heterocycles. The van der Waals surface area contributed by atoms with Crippen LogP contribution in [-0.4, -0.2) is 113 Å². The van der Waals surface area contributed by atoms with Gasteiger partial charge in [-0.3, -0.25) is 39.2 Å². The first-order valence-corrected chi connectivity index (χ1v) is 22.1. The highest BCUT2D eigenvalue weighted by Crippen LogP contribution is 2.34. The topological polar surface area (TPSA) is 223 Å². The fourth-order valence-corrected chi connectivity index (χ4v) is 8.26. The van der Waals surface area contributed by atoms with Crippen LogP contribution in [-0.2, 0) is 26.2 Å². The van der Waals surface area contributed by atoms with Crippen LogP contribution in [0.3, 0.4) is 0 Å². The lowest BCUT2D eigenvalue weighted by Crippen LogP contribution is -2.40. The first-order valence-electron chi connectivity index (χ1n) is 22.1. The number of amides is 4. The SMILES string of the molecule is CCn1nc(C)cc1C(=O)Nc1nc2cc(C(N)=O)cc3c2n1C/C=C/Cn1c(NC(=O)c2cc(C)nn2CC)nc2cc(C(=O)NCCCN4CCC(F)(F)CC4)cc(c21)OCCCO3. The van der Waals surface area contributed by atoms with Crippen molar-refractivity contribution in [3.05, 3.63) is 82.5 Å². The van der Waals surface area contributed by atoms with Crippen LogP contribution in [0.15, 0.2) is 48.6 Å². The van der Waals surface area contributed by atoms with Gasteiger partial charge in [0.05, 0.1) is 35.6 Å². The summed E-state index contributed by atoms with van der Waals surface area (Å²) in [4.78, 5) is 65.4. The third-order valence-electron chi connectivity index (χ3n) is 11.6. The first-order chi connectivity index (χ1) is 31.7. The van der Waals surface area contributed by atoms with Gasteiger partial charge in [0.2, 0.25) is 17.8 Å². The minimum atomic E-state index is -2.63. The number of imidazole rings is 2. The molecule has 0 atom stereocenters. The Balaban J connectivity index is 1.14. The number of carbonyl (C=O) groups excluding carboxylic acids is 4. The first kappa shape index (κ1) is 45.4. The highest BCUT2D eigenvalue weighted by Gasteiger charge is 2.33. The van der Waals surface area contributed by atoms with Gasteiger partial charge in [0, 0.05) is 76.2 Å². The number of halogens is 2. The fraction of sp³-hybridized carbons (Fsp3) is 0.422. The Morgan fingerprint density at radius 2 is 1.23 bits per heavy atom. The molecule has 5 N–H and O–H groups in total. The number of ether oxygens (including phenoxy) is 2. The van der Waals surface area contributed by atoms with Gasteiger partial charge >= 0.3 is 0 Å². The molecule has 4 amide bonds. The molecular formula is C45H53F2N13O6. The van der Waals surface area contributed by atoms with Crippen LogP contribution < -0.4 is 31.2 Å². The third kappa shape index (κ3) is 9.75. The molecule has 2 aromatic carbocycles. The number of hydrogen-bond donors (Lipinski definition) is 4. The summed E-state index contributed by atoms with van der Waals surface area (Å²) in [5.74, 6) is -3.55. The van der Waals surface area contributed by atoms with E-state index in [4.69, 9.17) is 25.2 Å². The zero-order valence-electron chi connectivity index (χ0n) is 37.3. The molecule has 8 rings (SSSR count). The summed E-state index contributed by atoms with van der Waals surface area (Å²) >= 11 is 0. The van der Waals surface area contributed by atoms with Crippen molar-refractivity contribution in [2.24, 2.45) is 5.73 Å². The van der Waals surface area contributed by atoms with Crippen molar-refractivity contribution >= 4 is 57.6 Å². The number of rotatable bonds is 12. The number of likely N-dealkylation sites (tertiary alicyclic amines) is 1. The van der Waals surface area contributed by atoms with Crippen LogP contribution in [0.25, 0.3) is 22.1 Å². The lowest BCUT2D eigenvalue weighted by atomic mass is 10.1. The predicted octanol–water partition coefficient (Wildman–Crippen LogP) is 5.31. The summed E-state index contributed by atoms with van der Waals surface area (Å²) in [7, 11) is 0. The van der Waals surface area contributed by atoms with E-state index in [2.05, 4.69) is 26.1 Å². The highest BCUT2D eigenvalue weighted by molar-refractivity contribution is 6.05. The van der Waals surface area contributed by atoms with Crippen molar-refractivity contribution in [3.8, 4) is 11.5 Å². The largest absolute Gasteiger partial charge is 0.491 e. The molecule has 21 heteroatoms. The van der Waals surface area contributed by atoms with Crippen LogP contribution in [0.2, 0.25) is 0 Å². The number of primary amides is 1. The quantitative estimate of drug-likeness (QED) is 0.0910. The predicted molar refractivity (Wildman–Crippen MR) is 241 cm³/mol. The monoisotopic (exact) mass is 909 g/mol. The van der Waals surface area contributed by atoms with Gasteiger partial charge in [0.1, 0.15) is 33.9 Å². The molecule has 0 aliphatic carbocycles. The maximum Gasteiger partial charge on any atom is 0.276 e. The van der Waals surface area contributed by atoms with Crippen LogP contribution in [0.1, 0.15) is 92.6 Å². The zero-order chi connectivity index (χ0) is 46.7. The van der Waals surface area contributed by atoms with E-state index in [9.17, 15) is 28.0 Å². The number of allylic oxidation sites excluding steroid dienone is 2. The number of alkyl halides is 2. The van der Waals surface area contributed by atoms with E-state index >= 15 is 0 Å². The molecule has 0 spiro atoms. The number of benzene rings is 2. The number of nitrogens with zero attached hydrogens (tertiary/aromatic N) is 9. The Morgan fingerprint density at radius 1 is 0.727 bits per heavy atom. The van der Waals surface area contributed by atoms with Gasteiger partial charge in [0.15, 0.2) is 0 Å². The molecule has 1 fully saturated rings. The lowest BCUT2D eigenvalue weighted by Gasteiger charge is -2.31. The maximum atomic E-state index is 13.9. The third-order valence-corrected chi connectivity index (χ3v) is 11.6. The van der Waals surface area contributed by atoms with E-state index < -0.39 is 23.6 Å². The minimum absolute atomic E-state index is 0.122. The summed E-state index contributed by atoms with van der Waals surface area (Å²) in [6.07, 6.45) is 4.28. The average molecular weight is 910 g/mol. The Kier molecular flexibility index (Phi) is 13.2. The van der Waals surface area contributed by atoms with Crippen molar-refractivity contribution in [3.63, 3.8) is 0 Å². The molecule has 0 saturated carbocycles. The van der Waals surface area contributed by atoms with Gasteiger partial charge < -0.3 is 34.6 Å². The number of nitrogens with two attached hydrogens (primary N) is 1. The Labute approximate surface area is 378 Å². The number of anilines is 2. The highest BCUT2D eigenvalue weighted by atomic mass is 19.3. The van der Waals surface area contributed by atoms with Crippen molar-refractivity contribution in [2.45, 2.75) is 85.5 Å². The molecule has 2 aliphatic rings. The molecule has 0 unspecified atom stereocenters. The summed E-state index contributed by atoms with van der Waals surface area (Å²) in [6, 6.07) is 9.73. The van der Waals surface area contributed by atoms with E-state index in [0.29, 0.717) is 108 Å². The molecule has 0 bridgehead atoms. The minimum Gasteiger partial charge on any atom is -0.491 e. The van der Waals surface area contributed by atoms with Gasteiger partial charge in [-0.2, -0.15) is 10.2 Å². The van der Waals surface area contributed by atoms with E-state index in [1.165, 1.54) is 0 Å². The molecule has 6 aromatic rings. The van der Waals surface area contributed by atoms with E-state index in [0.717, 1.165) is 0 Å². The molecule has 2 aliphatic heterocycles. The normalized spacial score (nSPS) is 15.9. The average Bonchev–Trinajstić information content (AvgIpc) is 4.05. The second-order valence-corrected chi connectivity index (χ2v) is 16.4. The molecule has 0 radical (unpaired) electrons. The number of aryl methyl sites for hydroxylation is 4. The van der Waals surface area contributed by atoms with Gasteiger partial charge in [-0.1, -0.05) is 12.2 Å². The van der Waals surface area contributed by atoms with Gasteiger partial charge in [-0.25, -0.2) is 18.7 Å². The smallest absolute Gasteiger partial charge is 0.276 e. The summed E-state index contributed by atoms with van der Waals surface area (Å²) in [5, 5.41) is 17.7. The van der Waals surface area contributed by atoms with E-state index in [1.54, 1.807) is 68.7 Å². The number of hydrogen-bond acceptors (Lipinski definition) is 11. The molecule has 66 heavy (non-hydrogen) atoms. The van der Waals surface area contributed by atoms with E-state index in [1.807, 2.05) is 30.9 Å². The van der Waals surface area contributed by atoms with Crippen molar-refractivity contribution < 1.29 is 37.4 Å². The lowest BCUT2D eigenvalue weighted by molar-refractivity contribution is -0.0550. The van der Waals surface area contributed by atoms with Gasteiger partial charge in [-0.05, 0) is 77.1 Å². The Bertz CT molecular complexity index is 2850. The number of carbonyl (C=O) groups is 4. The second kappa shape index (κ2) is 19.1. The van der Waals surface area contributed by atoms with Crippen LogP contribution in [0, 0.1) is 13.8 Å². The fourth-order valence-electron chi connectivity index (χ4n) is 8.26. The molecule has 4 aromatic heterocycles. The molecular weight excluding hydrogens is 857 g/mol. The zero-order valence-corrected chi connectivity index (χ0v) is 37.3. The maximum absolute atomic E-state index is 13.9. The molecule has 1 saturated heterocycles. The summed E-state index contributed by atoms with van der Waals surface area (Å²) < 4.78 is 46.8. The van der Waals surface area contributed by atoms with Gasteiger partial charge in [-0.15, -0.1) is 0 Å². The molecule has 348 valence electrons. The van der Waals surface area contributed by atoms with Crippen molar-refractivity contribution in [1.29, 1.82) is 0 Å². The van der Waals surface area contributed by atoms with Crippen LogP contribution >= 0.6 is 0 Å². The second-order valence-electron chi connectivity index (χ2n) is 16.4. The Hall–Kier alpha value is -7.16. The van der Waals surface area contributed by atoms with Gasteiger partial charge in [0.25, 0.3) is 23.6 Å². The summed E-state index contributed by atoms with van der Waals surface area (Å²) in [6.45, 7) is 10.4. The molecule has 19 nitrogen and oxygen atoms in total. The number of nitrogens with one attached hydrogen (secondary N) is 3. The van der Waals surface area contributed by atoms with Crippen LogP contribution in [0.5, 0.6) is 11.5 Å². The number of aromatic nitrogens is 8. The van der Waals surface area contributed by atoms with Crippen LogP contribution in [0.4, 0.5) is 20.7 Å². The van der Waals surface area contributed by atoms with Crippen molar-refractivity contribution in [1.82, 2.24) is 48.9 Å². The number of piperidine rings is 1.